The Morgan fingerprint density at radius 3 is 1.87 bits per heavy atom. The van der Waals surface area contributed by atoms with Crippen LogP contribution in [0.25, 0.3) is 69.5 Å². The van der Waals surface area contributed by atoms with E-state index in [-0.39, 0.29) is 5.41 Å². The minimum atomic E-state index is 0.0148. The summed E-state index contributed by atoms with van der Waals surface area (Å²) in [5.41, 5.74) is 14.3. The molecular formula is C53H39NS. The van der Waals surface area contributed by atoms with E-state index in [1.807, 2.05) is 11.3 Å². The molecule has 0 bridgehead atoms. The number of anilines is 3. The van der Waals surface area contributed by atoms with Gasteiger partial charge in [0, 0.05) is 42.3 Å². The summed E-state index contributed by atoms with van der Waals surface area (Å²) < 4.78 is 2.67. The first-order chi connectivity index (χ1) is 27.0. The smallest absolute Gasteiger partial charge is 0.0546 e. The molecule has 2 heteroatoms. The standard InChI is InChI=1S/C53H39NS/c1-53(2)48-17-9-7-14-43(48)44-29-23-37(32-49(44)53)35-21-27-40(28-22-35)54(50-33-38-11-3-4-12-41(38)42-13-5-6-15-45(42)50)39-25-19-34(20-26-39)36-24-30-52-47(31-36)46-16-8-10-18-51(46)55-52/h3-6,8-13,15-33H,7,14H2,1-2H3. The fraction of sp³-hybridized carbons (Fsp3) is 0.0943. The number of hydrogen-bond acceptors (Lipinski definition) is 2. The monoisotopic (exact) mass is 721 g/mol. The summed E-state index contributed by atoms with van der Waals surface area (Å²) in [6.45, 7) is 4.77. The average molecular weight is 722 g/mol. The second-order valence-corrected chi connectivity index (χ2v) is 16.7. The van der Waals surface area contributed by atoms with E-state index in [9.17, 15) is 0 Å². The first kappa shape index (κ1) is 32.2. The molecule has 55 heavy (non-hydrogen) atoms. The number of rotatable bonds is 5. The molecule has 1 nitrogen and oxygen atoms in total. The van der Waals surface area contributed by atoms with Crippen LogP contribution in [-0.4, -0.2) is 0 Å². The van der Waals surface area contributed by atoms with Gasteiger partial charge in [-0.1, -0.05) is 135 Å². The van der Waals surface area contributed by atoms with Crippen LogP contribution in [0.2, 0.25) is 0 Å². The van der Waals surface area contributed by atoms with Crippen LogP contribution in [0.15, 0.2) is 182 Å². The maximum Gasteiger partial charge on any atom is 0.0546 e. The lowest BCUT2D eigenvalue weighted by molar-refractivity contribution is 0.651. The van der Waals surface area contributed by atoms with Gasteiger partial charge < -0.3 is 4.90 Å². The molecule has 262 valence electrons. The molecule has 2 aliphatic carbocycles. The third kappa shape index (κ3) is 5.13. The minimum Gasteiger partial charge on any atom is -0.310 e. The SMILES string of the molecule is CC1(C)C2=C(CCC=C2)c2ccc(-c3ccc(N(c4ccc(-c5ccc6sc7ccccc7c6c5)cc4)c4cc5ccccc5c5ccccc45)cc3)cc21. The fourth-order valence-electron chi connectivity index (χ4n) is 9.34. The fourth-order valence-corrected chi connectivity index (χ4v) is 10.4. The predicted octanol–water partition coefficient (Wildman–Crippen LogP) is 15.6. The van der Waals surface area contributed by atoms with Gasteiger partial charge >= 0.3 is 0 Å². The van der Waals surface area contributed by atoms with Gasteiger partial charge in [0.15, 0.2) is 0 Å². The van der Waals surface area contributed by atoms with E-state index in [0.29, 0.717) is 0 Å². The number of fused-ring (bicyclic) bond motifs is 8. The molecule has 1 heterocycles. The van der Waals surface area contributed by atoms with Crippen molar-refractivity contribution in [1.82, 2.24) is 0 Å². The third-order valence-corrected chi connectivity index (χ3v) is 13.3. The molecule has 2 aliphatic rings. The lowest BCUT2D eigenvalue weighted by Crippen LogP contribution is -2.16. The lowest BCUT2D eigenvalue weighted by atomic mass is 9.79. The van der Waals surface area contributed by atoms with Crippen molar-refractivity contribution in [1.29, 1.82) is 0 Å². The molecule has 0 N–H and O–H groups in total. The van der Waals surface area contributed by atoms with Gasteiger partial charge in [0.1, 0.15) is 0 Å². The zero-order valence-corrected chi connectivity index (χ0v) is 31.8. The molecule has 11 rings (SSSR count). The molecule has 0 atom stereocenters. The van der Waals surface area contributed by atoms with Gasteiger partial charge in [-0.05, 0) is 128 Å². The summed E-state index contributed by atoms with van der Waals surface area (Å²) in [5, 5.41) is 7.65. The Labute approximate surface area is 326 Å². The Bertz CT molecular complexity index is 3050. The second-order valence-electron chi connectivity index (χ2n) is 15.6. The molecule has 0 amide bonds. The van der Waals surface area contributed by atoms with E-state index in [1.165, 1.54) is 91.9 Å². The molecule has 0 unspecified atom stereocenters. The number of hydrogen-bond donors (Lipinski definition) is 0. The minimum absolute atomic E-state index is 0.0148. The van der Waals surface area contributed by atoms with E-state index in [1.54, 1.807) is 0 Å². The van der Waals surface area contributed by atoms with Crippen LogP contribution in [0, 0.1) is 0 Å². The maximum absolute atomic E-state index is 2.44. The van der Waals surface area contributed by atoms with E-state index in [0.717, 1.165) is 24.2 Å². The van der Waals surface area contributed by atoms with Crippen LogP contribution in [0.5, 0.6) is 0 Å². The molecule has 0 fully saturated rings. The van der Waals surface area contributed by atoms with Crippen LogP contribution in [0.3, 0.4) is 0 Å². The molecule has 0 saturated heterocycles. The van der Waals surface area contributed by atoms with Gasteiger partial charge in [0.2, 0.25) is 0 Å². The molecule has 9 aromatic rings. The summed E-state index contributed by atoms with van der Waals surface area (Å²) in [5.74, 6) is 0. The maximum atomic E-state index is 2.44. The molecule has 0 spiro atoms. The number of allylic oxidation sites excluding steroid dienone is 4. The Balaban J connectivity index is 1.02. The molecule has 0 aliphatic heterocycles. The Hall–Kier alpha value is -6.22. The zero-order chi connectivity index (χ0) is 36.7. The number of benzene rings is 8. The van der Waals surface area contributed by atoms with Gasteiger partial charge in [-0.2, -0.15) is 0 Å². The Kier molecular flexibility index (Phi) is 7.27. The van der Waals surface area contributed by atoms with Gasteiger partial charge in [0.05, 0.1) is 5.69 Å². The summed E-state index contributed by atoms with van der Waals surface area (Å²) >= 11 is 1.87. The van der Waals surface area contributed by atoms with Crippen molar-refractivity contribution in [3.63, 3.8) is 0 Å². The van der Waals surface area contributed by atoms with Crippen LogP contribution in [0.1, 0.15) is 37.8 Å². The summed E-state index contributed by atoms with van der Waals surface area (Å²) in [6, 6.07) is 61.1. The highest BCUT2D eigenvalue weighted by molar-refractivity contribution is 7.25. The van der Waals surface area contributed by atoms with E-state index >= 15 is 0 Å². The average Bonchev–Trinajstić information content (AvgIpc) is 3.72. The first-order valence-electron chi connectivity index (χ1n) is 19.4. The Morgan fingerprint density at radius 1 is 0.509 bits per heavy atom. The van der Waals surface area contributed by atoms with E-state index in [4.69, 9.17) is 0 Å². The van der Waals surface area contributed by atoms with Crippen molar-refractivity contribution in [3.05, 3.63) is 193 Å². The van der Waals surface area contributed by atoms with Crippen molar-refractivity contribution in [2.45, 2.75) is 32.1 Å². The highest BCUT2D eigenvalue weighted by atomic mass is 32.1. The predicted molar refractivity (Wildman–Crippen MR) is 238 cm³/mol. The quantitative estimate of drug-likeness (QED) is 0.160. The van der Waals surface area contributed by atoms with Gasteiger partial charge in [-0.15, -0.1) is 11.3 Å². The largest absolute Gasteiger partial charge is 0.310 e. The molecular weight excluding hydrogens is 683 g/mol. The van der Waals surface area contributed by atoms with Crippen LogP contribution >= 0.6 is 11.3 Å². The number of thiophene rings is 1. The van der Waals surface area contributed by atoms with Gasteiger partial charge in [0.25, 0.3) is 0 Å². The highest BCUT2D eigenvalue weighted by Crippen LogP contribution is 2.51. The highest BCUT2D eigenvalue weighted by Gasteiger charge is 2.37. The zero-order valence-electron chi connectivity index (χ0n) is 31.0. The molecule has 1 aromatic heterocycles. The third-order valence-electron chi connectivity index (χ3n) is 12.1. The summed E-state index contributed by atoms with van der Waals surface area (Å²) in [6.07, 6.45) is 6.98. The first-order valence-corrected chi connectivity index (χ1v) is 20.2. The number of nitrogens with zero attached hydrogens (tertiary/aromatic N) is 1. The van der Waals surface area contributed by atoms with Gasteiger partial charge in [-0.3, -0.25) is 0 Å². The van der Waals surface area contributed by atoms with Crippen molar-refractivity contribution in [2.75, 3.05) is 4.90 Å². The van der Waals surface area contributed by atoms with Gasteiger partial charge in [-0.25, -0.2) is 0 Å². The summed E-state index contributed by atoms with van der Waals surface area (Å²) in [7, 11) is 0. The second kappa shape index (κ2) is 12.4. The lowest BCUT2D eigenvalue weighted by Gasteiger charge is -2.28. The Morgan fingerprint density at radius 2 is 1.11 bits per heavy atom. The van der Waals surface area contributed by atoms with Crippen molar-refractivity contribution in [3.8, 4) is 22.3 Å². The normalized spacial score (nSPS) is 14.6. The van der Waals surface area contributed by atoms with Crippen molar-refractivity contribution < 1.29 is 0 Å². The molecule has 0 radical (unpaired) electrons. The topological polar surface area (TPSA) is 3.24 Å². The van der Waals surface area contributed by atoms with Crippen LogP contribution < -0.4 is 4.90 Å². The molecule has 0 saturated carbocycles. The van der Waals surface area contributed by atoms with Crippen molar-refractivity contribution >= 4 is 75.7 Å². The molecule has 8 aromatic carbocycles. The van der Waals surface area contributed by atoms with Crippen LogP contribution in [0.4, 0.5) is 17.1 Å². The van der Waals surface area contributed by atoms with Crippen LogP contribution in [-0.2, 0) is 5.41 Å². The van der Waals surface area contributed by atoms with E-state index < -0.39 is 0 Å². The van der Waals surface area contributed by atoms with Crippen molar-refractivity contribution in [2.24, 2.45) is 0 Å². The van der Waals surface area contributed by atoms with E-state index in [2.05, 4.69) is 195 Å². The summed E-state index contributed by atoms with van der Waals surface area (Å²) in [4.78, 5) is 2.44.